The first kappa shape index (κ1) is 13.0. The van der Waals surface area contributed by atoms with Crippen molar-refractivity contribution in [2.45, 2.75) is 40.0 Å². The van der Waals surface area contributed by atoms with E-state index in [-0.39, 0.29) is 5.91 Å². The number of likely N-dealkylation sites (tertiary alicyclic amines) is 1. The lowest BCUT2D eigenvalue weighted by Gasteiger charge is -2.34. The third kappa shape index (κ3) is 3.22. The lowest BCUT2D eigenvalue weighted by molar-refractivity contribution is -0.148. The van der Waals surface area contributed by atoms with Gasteiger partial charge in [-0.3, -0.25) is 9.59 Å². The Morgan fingerprint density at radius 2 is 1.81 bits per heavy atom. The highest BCUT2D eigenvalue weighted by molar-refractivity contribution is 5.74. The Hall–Kier alpha value is -1.06. The van der Waals surface area contributed by atoms with E-state index in [2.05, 4.69) is 0 Å². The maximum atomic E-state index is 11.1. The summed E-state index contributed by atoms with van der Waals surface area (Å²) in [7, 11) is 0. The minimum absolute atomic E-state index is 0.121. The molecule has 0 aromatic rings. The molecule has 0 spiro atoms. The minimum Gasteiger partial charge on any atom is -0.481 e. The van der Waals surface area contributed by atoms with Crippen molar-refractivity contribution in [1.29, 1.82) is 0 Å². The largest absolute Gasteiger partial charge is 0.481 e. The number of amides is 1. The van der Waals surface area contributed by atoms with Gasteiger partial charge in [0.05, 0.1) is 5.41 Å². The topological polar surface area (TPSA) is 57.6 Å². The Morgan fingerprint density at radius 1 is 1.31 bits per heavy atom. The number of rotatable bonds is 3. The molecule has 4 nitrogen and oxygen atoms in total. The number of aliphatic carboxylic acids is 1. The number of carboxylic acids is 1. The molecule has 1 heterocycles. The van der Waals surface area contributed by atoms with Crippen molar-refractivity contribution in [2.75, 3.05) is 13.1 Å². The molecule has 0 aromatic carbocycles. The molecule has 0 saturated carbocycles. The van der Waals surface area contributed by atoms with Crippen molar-refractivity contribution in [2.24, 2.45) is 11.3 Å². The molecule has 92 valence electrons. The van der Waals surface area contributed by atoms with Crippen LogP contribution in [0.25, 0.3) is 0 Å². The maximum absolute atomic E-state index is 11.1. The lowest BCUT2D eigenvalue weighted by atomic mass is 9.79. The van der Waals surface area contributed by atoms with E-state index in [4.69, 9.17) is 5.11 Å². The van der Waals surface area contributed by atoms with Crippen LogP contribution >= 0.6 is 0 Å². The van der Waals surface area contributed by atoms with Gasteiger partial charge in [0, 0.05) is 20.0 Å². The summed E-state index contributed by atoms with van der Waals surface area (Å²) >= 11 is 0. The van der Waals surface area contributed by atoms with Crippen molar-refractivity contribution < 1.29 is 14.7 Å². The van der Waals surface area contributed by atoms with Crippen LogP contribution < -0.4 is 0 Å². The average molecular weight is 227 g/mol. The van der Waals surface area contributed by atoms with Gasteiger partial charge in [-0.05, 0) is 39.0 Å². The van der Waals surface area contributed by atoms with Crippen LogP contribution in [0.2, 0.25) is 0 Å². The zero-order valence-electron chi connectivity index (χ0n) is 10.3. The molecule has 1 amide bonds. The molecule has 0 aromatic heterocycles. The van der Waals surface area contributed by atoms with Gasteiger partial charge in [0.25, 0.3) is 0 Å². The summed E-state index contributed by atoms with van der Waals surface area (Å²) in [4.78, 5) is 24.0. The van der Waals surface area contributed by atoms with Crippen LogP contribution in [-0.2, 0) is 9.59 Å². The third-order valence-electron chi connectivity index (χ3n) is 3.44. The SMILES string of the molecule is CC(=O)N1CCC(CC(C)(C)C(=O)O)CC1. The first-order chi connectivity index (χ1) is 7.33. The van der Waals surface area contributed by atoms with Crippen LogP contribution in [0, 0.1) is 11.3 Å². The summed E-state index contributed by atoms with van der Waals surface area (Å²) in [6, 6.07) is 0. The van der Waals surface area contributed by atoms with Gasteiger partial charge < -0.3 is 10.0 Å². The highest BCUT2D eigenvalue weighted by Crippen LogP contribution is 2.31. The van der Waals surface area contributed by atoms with Crippen LogP contribution in [0.4, 0.5) is 0 Å². The summed E-state index contributed by atoms with van der Waals surface area (Å²) < 4.78 is 0. The number of carboxylic acid groups (broad SMARTS) is 1. The Morgan fingerprint density at radius 3 is 2.19 bits per heavy atom. The van der Waals surface area contributed by atoms with Gasteiger partial charge in [-0.15, -0.1) is 0 Å². The van der Waals surface area contributed by atoms with E-state index < -0.39 is 11.4 Å². The number of carbonyl (C=O) groups is 2. The van der Waals surface area contributed by atoms with Crippen LogP contribution in [0.1, 0.15) is 40.0 Å². The van der Waals surface area contributed by atoms with E-state index >= 15 is 0 Å². The zero-order valence-corrected chi connectivity index (χ0v) is 10.3. The molecular weight excluding hydrogens is 206 g/mol. The second-order valence-electron chi connectivity index (χ2n) is 5.34. The fraction of sp³-hybridized carbons (Fsp3) is 0.833. The van der Waals surface area contributed by atoms with Crippen LogP contribution in [0.5, 0.6) is 0 Å². The number of hydrogen-bond donors (Lipinski definition) is 1. The Kier molecular flexibility index (Phi) is 3.94. The minimum atomic E-state index is -0.735. The predicted molar refractivity (Wildman–Crippen MR) is 61.0 cm³/mol. The molecule has 0 aliphatic carbocycles. The van der Waals surface area contributed by atoms with Gasteiger partial charge in [-0.1, -0.05) is 0 Å². The van der Waals surface area contributed by atoms with E-state index in [0.29, 0.717) is 12.3 Å². The molecule has 1 saturated heterocycles. The number of piperidine rings is 1. The van der Waals surface area contributed by atoms with Gasteiger partial charge >= 0.3 is 5.97 Å². The molecule has 0 atom stereocenters. The maximum Gasteiger partial charge on any atom is 0.309 e. The first-order valence-electron chi connectivity index (χ1n) is 5.82. The van der Waals surface area contributed by atoms with Crippen molar-refractivity contribution in [3.8, 4) is 0 Å². The van der Waals surface area contributed by atoms with Gasteiger partial charge in [-0.25, -0.2) is 0 Å². The number of nitrogens with zero attached hydrogens (tertiary/aromatic N) is 1. The molecule has 0 bridgehead atoms. The highest BCUT2D eigenvalue weighted by atomic mass is 16.4. The molecule has 1 aliphatic heterocycles. The van der Waals surface area contributed by atoms with Crippen molar-refractivity contribution >= 4 is 11.9 Å². The van der Waals surface area contributed by atoms with Crippen molar-refractivity contribution in [3.05, 3.63) is 0 Å². The van der Waals surface area contributed by atoms with Gasteiger partial charge in [0.15, 0.2) is 0 Å². The van der Waals surface area contributed by atoms with Crippen molar-refractivity contribution in [3.63, 3.8) is 0 Å². The fourth-order valence-corrected chi connectivity index (χ4v) is 2.26. The summed E-state index contributed by atoms with van der Waals surface area (Å²) in [6.07, 6.45) is 2.56. The molecule has 1 fully saturated rings. The predicted octanol–water partition coefficient (Wildman–Crippen LogP) is 1.75. The van der Waals surface area contributed by atoms with E-state index in [1.807, 2.05) is 4.90 Å². The summed E-state index contributed by atoms with van der Waals surface area (Å²) in [5.74, 6) is -0.181. The molecule has 0 unspecified atom stereocenters. The quantitative estimate of drug-likeness (QED) is 0.799. The van der Waals surface area contributed by atoms with Crippen molar-refractivity contribution in [1.82, 2.24) is 4.90 Å². The Bertz CT molecular complexity index is 278. The molecule has 1 N–H and O–H groups in total. The smallest absolute Gasteiger partial charge is 0.309 e. The first-order valence-corrected chi connectivity index (χ1v) is 5.82. The summed E-state index contributed by atoms with van der Waals surface area (Å²) in [5, 5.41) is 9.05. The van der Waals surface area contributed by atoms with Crippen LogP contribution in [-0.4, -0.2) is 35.0 Å². The second kappa shape index (κ2) is 4.85. The molecule has 1 rings (SSSR count). The Labute approximate surface area is 96.6 Å². The van der Waals surface area contributed by atoms with E-state index in [1.54, 1.807) is 20.8 Å². The highest BCUT2D eigenvalue weighted by Gasteiger charge is 2.32. The standard InChI is InChI=1S/C12H21NO3/c1-9(14)13-6-4-10(5-7-13)8-12(2,3)11(15)16/h10H,4-8H2,1-3H3,(H,15,16). The van der Waals surface area contributed by atoms with E-state index in [0.717, 1.165) is 25.9 Å². The number of hydrogen-bond acceptors (Lipinski definition) is 2. The second-order valence-corrected chi connectivity index (χ2v) is 5.34. The van der Waals surface area contributed by atoms with E-state index in [9.17, 15) is 9.59 Å². The number of carbonyl (C=O) groups excluding carboxylic acids is 1. The Balaban J connectivity index is 2.43. The zero-order chi connectivity index (χ0) is 12.3. The molecule has 1 aliphatic rings. The van der Waals surface area contributed by atoms with Gasteiger partial charge in [0.1, 0.15) is 0 Å². The van der Waals surface area contributed by atoms with Crippen LogP contribution in [0.15, 0.2) is 0 Å². The third-order valence-corrected chi connectivity index (χ3v) is 3.44. The fourth-order valence-electron chi connectivity index (χ4n) is 2.26. The molecule has 4 heteroatoms. The molecule has 16 heavy (non-hydrogen) atoms. The summed E-state index contributed by atoms with van der Waals surface area (Å²) in [6.45, 7) is 6.67. The summed E-state index contributed by atoms with van der Waals surface area (Å²) in [5.41, 5.74) is -0.650. The van der Waals surface area contributed by atoms with Gasteiger partial charge in [-0.2, -0.15) is 0 Å². The lowest BCUT2D eigenvalue weighted by Crippen LogP contribution is -2.38. The molecular formula is C12H21NO3. The molecule has 0 radical (unpaired) electrons. The normalized spacial score (nSPS) is 18.6. The average Bonchev–Trinajstić information content (AvgIpc) is 2.17. The van der Waals surface area contributed by atoms with Crippen LogP contribution in [0.3, 0.4) is 0 Å². The monoisotopic (exact) mass is 227 g/mol. The van der Waals surface area contributed by atoms with E-state index in [1.165, 1.54) is 0 Å². The van der Waals surface area contributed by atoms with Gasteiger partial charge in [0.2, 0.25) is 5.91 Å².